The molecule has 0 aliphatic heterocycles. The lowest BCUT2D eigenvalue weighted by molar-refractivity contribution is -0.133. The molecule has 0 heterocycles. The van der Waals surface area contributed by atoms with Crippen molar-refractivity contribution in [2.45, 2.75) is 76.6 Å². The fourth-order valence-electron chi connectivity index (χ4n) is 4.89. The van der Waals surface area contributed by atoms with Gasteiger partial charge in [-0.3, -0.25) is 14.6 Å². The van der Waals surface area contributed by atoms with Crippen LogP contribution in [0.1, 0.15) is 50.3 Å². The van der Waals surface area contributed by atoms with Crippen LogP contribution in [0.2, 0.25) is 10.0 Å². The highest BCUT2D eigenvalue weighted by molar-refractivity contribution is 7.90. The quantitative estimate of drug-likeness (QED) is 0.0610. The molecule has 0 aliphatic rings. The molecule has 0 fully saturated rings. The summed E-state index contributed by atoms with van der Waals surface area (Å²) in [5, 5.41) is 8.51. The van der Waals surface area contributed by atoms with Crippen molar-refractivity contribution in [1.29, 1.82) is 0 Å². The minimum Gasteiger partial charge on any atom is -0.445 e. The van der Waals surface area contributed by atoms with Gasteiger partial charge in [0.2, 0.25) is 17.8 Å². The van der Waals surface area contributed by atoms with Gasteiger partial charge in [0.15, 0.2) is 0 Å². The molecule has 0 radical (unpaired) electrons. The summed E-state index contributed by atoms with van der Waals surface area (Å²) in [4.78, 5) is 56.2. The molecule has 0 bridgehead atoms. The van der Waals surface area contributed by atoms with Crippen molar-refractivity contribution >= 4 is 63.4 Å². The lowest BCUT2D eigenvalue weighted by atomic mass is 9.85. The van der Waals surface area contributed by atoms with Crippen molar-refractivity contribution in [2.75, 3.05) is 6.54 Å². The van der Waals surface area contributed by atoms with Crippen LogP contribution in [0.15, 0.2) is 82.7 Å². The number of nitrogens with zero attached hydrogens (tertiary/aromatic N) is 1. The molecular weight excluding hydrogens is 731 g/mol. The zero-order valence-electron chi connectivity index (χ0n) is 29.3. The van der Waals surface area contributed by atoms with E-state index in [1.54, 1.807) is 51.1 Å². The number of hydrogen-bond acceptors (Lipinski definition) is 8. The zero-order valence-corrected chi connectivity index (χ0v) is 31.6. The third kappa shape index (κ3) is 13.1. The second kappa shape index (κ2) is 19.3. The number of alkyl carbamates (subject to hydrolysis) is 1. The minimum atomic E-state index is -3.98. The fourth-order valence-corrected chi connectivity index (χ4v) is 6.35. The number of carbonyl (C=O) groups excluding carboxylic acids is 4. The predicted molar refractivity (Wildman–Crippen MR) is 200 cm³/mol. The Labute approximate surface area is 314 Å². The standard InChI is InChI=1S/C36H44Cl2N6O7S/c1-23-15-17-26(18-16-23)52(49,50)44-34(39)40-19-9-14-30(42-35(48)51-22-27-28(37)12-8-13-29(27)38)32(46)43-31(36(2,3)4)33(47)41-25(21-45)20-24-10-6-5-7-11-24/h5-8,10-13,15-18,21,25,30-31H,9,14,19-20,22H2,1-4H3,(H,41,47)(H,42,48)(H,43,46)(H3,39,40,44)/t25?,30-,31+/m0/s1. The van der Waals surface area contributed by atoms with Crippen LogP contribution >= 0.6 is 23.2 Å². The Morgan fingerprint density at radius 3 is 2.13 bits per heavy atom. The molecule has 3 aromatic carbocycles. The van der Waals surface area contributed by atoms with E-state index >= 15 is 0 Å². The van der Waals surface area contributed by atoms with E-state index in [1.165, 1.54) is 12.1 Å². The molecule has 0 aliphatic carbocycles. The Kier molecular flexibility index (Phi) is 15.5. The van der Waals surface area contributed by atoms with Crippen LogP contribution in [0.3, 0.4) is 0 Å². The van der Waals surface area contributed by atoms with Crippen LogP contribution < -0.4 is 26.4 Å². The van der Waals surface area contributed by atoms with Gasteiger partial charge in [-0.25, -0.2) is 17.9 Å². The van der Waals surface area contributed by atoms with Gasteiger partial charge in [0.1, 0.15) is 25.0 Å². The number of ether oxygens (including phenoxy) is 1. The molecule has 0 saturated carbocycles. The molecular formula is C36H44Cl2N6O7S. The van der Waals surface area contributed by atoms with E-state index in [2.05, 4.69) is 25.7 Å². The highest BCUT2D eigenvalue weighted by Gasteiger charge is 2.36. The average molecular weight is 776 g/mol. The number of halogens is 2. The summed E-state index contributed by atoms with van der Waals surface area (Å²) >= 11 is 12.4. The Bertz CT molecular complexity index is 1820. The van der Waals surface area contributed by atoms with E-state index in [4.69, 9.17) is 33.7 Å². The third-order valence-corrected chi connectivity index (χ3v) is 9.81. The van der Waals surface area contributed by atoms with Crippen molar-refractivity contribution in [3.63, 3.8) is 0 Å². The molecule has 3 amide bonds. The highest BCUT2D eigenvalue weighted by atomic mass is 35.5. The maximum absolute atomic E-state index is 13.7. The lowest BCUT2D eigenvalue weighted by Crippen LogP contribution is -2.59. The number of hydrogen-bond donors (Lipinski definition) is 5. The van der Waals surface area contributed by atoms with Crippen LogP contribution in [-0.2, 0) is 42.2 Å². The van der Waals surface area contributed by atoms with Crippen LogP contribution in [0.4, 0.5) is 4.79 Å². The number of benzene rings is 3. The Balaban J connectivity index is 1.73. The van der Waals surface area contributed by atoms with E-state index < -0.39 is 51.5 Å². The van der Waals surface area contributed by atoms with Gasteiger partial charge in [0, 0.05) is 22.2 Å². The summed E-state index contributed by atoms with van der Waals surface area (Å²) in [6.07, 6.45) is 0.0463. The maximum atomic E-state index is 13.7. The number of aliphatic imine (C=N–C) groups is 1. The SMILES string of the molecule is Cc1ccc(S(=O)(=O)NC(N)=NCCC[C@H](NC(=O)OCc2c(Cl)cccc2Cl)C(=O)N[C@H](C(=O)NC(C=O)Cc2ccccc2)C(C)(C)C)cc1. The molecule has 0 saturated heterocycles. The number of guanidine groups is 1. The topological polar surface area (TPSA) is 198 Å². The first kappa shape index (κ1) is 41.8. The number of amides is 3. The van der Waals surface area contributed by atoms with Crippen molar-refractivity contribution in [1.82, 2.24) is 20.7 Å². The smallest absolute Gasteiger partial charge is 0.408 e. The number of rotatable bonds is 16. The van der Waals surface area contributed by atoms with Crippen molar-refractivity contribution in [3.8, 4) is 0 Å². The summed E-state index contributed by atoms with van der Waals surface area (Å²) in [5.74, 6) is -1.68. The van der Waals surface area contributed by atoms with Gasteiger partial charge < -0.3 is 31.2 Å². The van der Waals surface area contributed by atoms with Gasteiger partial charge >= 0.3 is 6.09 Å². The largest absolute Gasteiger partial charge is 0.445 e. The van der Waals surface area contributed by atoms with E-state index in [-0.39, 0.29) is 53.3 Å². The molecule has 280 valence electrons. The van der Waals surface area contributed by atoms with Gasteiger partial charge in [-0.05, 0) is 61.4 Å². The molecule has 52 heavy (non-hydrogen) atoms. The van der Waals surface area contributed by atoms with E-state index in [9.17, 15) is 27.6 Å². The Morgan fingerprint density at radius 2 is 1.54 bits per heavy atom. The maximum Gasteiger partial charge on any atom is 0.408 e. The second-order valence-electron chi connectivity index (χ2n) is 13.0. The third-order valence-electron chi connectivity index (χ3n) is 7.73. The average Bonchev–Trinajstić information content (AvgIpc) is 3.07. The van der Waals surface area contributed by atoms with Gasteiger partial charge in [-0.1, -0.05) is 98.1 Å². The monoisotopic (exact) mass is 774 g/mol. The number of sulfonamides is 1. The molecule has 6 N–H and O–H groups in total. The van der Waals surface area contributed by atoms with Gasteiger partial charge in [-0.15, -0.1) is 0 Å². The molecule has 16 heteroatoms. The summed E-state index contributed by atoms with van der Waals surface area (Å²) in [6, 6.07) is 16.9. The fraction of sp³-hybridized carbons (Fsp3) is 0.361. The zero-order chi connectivity index (χ0) is 38.5. The first-order chi connectivity index (χ1) is 24.5. The summed E-state index contributed by atoms with van der Waals surface area (Å²) in [7, 11) is -3.98. The van der Waals surface area contributed by atoms with Crippen LogP contribution in [-0.4, -0.2) is 63.2 Å². The summed E-state index contributed by atoms with van der Waals surface area (Å²) < 4.78 is 32.9. The van der Waals surface area contributed by atoms with Gasteiger partial charge in [0.05, 0.1) is 10.9 Å². The molecule has 13 nitrogen and oxygen atoms in total. The number of aldehydes is 1. The van der Waals surface area contributed by atoms with Crippen LogP contribution in [0.25, 0.3) is 0 Å². The number of nitrogens with two attached hydrogens (primary N) is 1. The van der Waals surface area contributed by atoms with Crippen LogP contribution in [0, 0.1) is 12.3 Å². The molecule has 0 aromatic heterocycles. The molecule has 1 unspecified atom stereocenters. The Morgan fingerprint density at radius 1 is 0.904 bits per heavy atom. The number of aryl methyl sites for hydroxylation is 1. The van der Waals surface area contributed by atoms with Crippen LogP contribution in [0.5, 0.6) is 0 Å². The Hall–Kier alpha value is -4.66. The highest BCUT2D eigenvalue weighted by Crippen LogP contribution is 2.25. The lowest BCUT2D eigenvalue weighted by Gasteiger charge is -2.32. The predicted octanol–water partition coefficient (Wildman–Crippen LogP) is 4.43. The molecule has 3 aromatic rings. The van der Waals surface area contributed by atoms with Crippen molar-refractivity contribution in [2.24, 2.45) is 16.1 Å². The minimum absolute atomic E-state index is 0.00532. The van der Waals surface area contributed by atoms with Crippen molar-refractivity contribution < 1.29 is 32.3 Å². The normalized spacial score (nSPS) is 13.6. The second-order valence-corrected chi connectivity index (χ2v) is 15.5. The first-order valence-corrected chi connectivity index (χ1v) is 18.6. The van der Waals surface area contributed by atoms with Crippen molar-refractivity contribution in [3.05, 3.63) is 99.5 Å². The van der Waals surface area contributed by atoms with Gasteiger partial charge in [-0.2, -0.15) is 0 Å². The van der Waals surface area contributed by atoms with E-state index in [0.717, 1.165) is 11.1 Å². The first-order valence-electron chi connectivity index (χ1n) is 16.4. The summed E-state index contributed by atoms with van der Waals surface area (Å²) in [5.41, 5.74) is 7.11. The molecule has 3 rings (SSSR count). The van der Waals surface area contributed by atoms with Gasteiger partial charge in [0.25, 0.3) is 10.0 Å². The summed E-state index contributed by atoms with van der Waals surface area (Å²) in [6.45, 7) is 6.73. The number of nitrogens with one attached hydrogen (secondary N) is 4. The molecule has 0 spiro atoms. The van der Waals surface area contributed by atoms with E-state index in [0.29, 0.717) is 11.8 Å². The van der Waals surface area contributed by atoms with E-state index in [1.807, 2.05) is 37.3 Å². The number of carbonyl (C=O) groups is 4. The molecule has 3 atom stereocenters.